The molecule has 0 heterocycles. The second kappa shape index (κ2) is 5.92. The maximum Gasteiger partial charge on any atom is 0.214 e. The molecule has 0 spiro atoms. The molecule has 0 unspecified atom stereocenters. The van der Waals surface area contributed by atoms with E-state index in [2.05, 4.69) is 0 Å². The van der Waals surface area contributed by atoms with E-state index in [-0.39, 0.29) is 11.2 Å². The molecule has 0 saturated carbocycles. The van der Waals surface area contributed by atoms with Gasteiger partial charge in [0, 0.05) is 18.8 Å². The quantitative estimate of drug-likeness (QED) is 0.845. The zero-order valence-electron chi connectivity index (χ0n) is 12.2. The second-order valence-electron chi connectivity index (χ2n) is 5.98. The molecule has 1 rings (SSSR count). The molecule has 19 heavy (non-hydrogen) atoms. The highest BCUT2D eigenvalue weighted by molar-refractivity contribution is 7.89. The summed E-state index contributed by atoms with van der Waals surface area (Å²) in [4.78, 5) is 0. The van der Waals surface area contributed by atoms with Crippen molar-refractivity contribution in [1.82, 2.24) is 4.31 Å². The topological polar surface area (TPSA) is 63.4 Å². The standard InChI is InChI=1S/C14H24N2O2S/c1-5-16(19(17,18)11-14(2,3)4)10-12-6-8-13(15)9-7-12/h6-9H,5,10-11,15H2,1-4H3. The van der Waals surface area contributed by atoms with Crippen LogP contribution in [0, 0.1) is 5.41 Å². The monoisotopic (exact) mass is 284 g/mol. The summed E-state index contributed by atoms with van der Waals surface area (Å²) < 4.78 is 26.2. The second-order valence-corrected chi connectivity index (χ2v) is 7.95. The van der Waals surface area contributed by atoms with Crippen LogP contribution in [0.5, 0.6) is 0 Å². The Morgan fingerprint density at radius 3 is 2.11 bits per heavy atom. The molecule has 0 aromatic heterocycles. The molecule has 0 bridgehead atoms. The first-order valence-corrected chi connectivity index (χ1v) is 8.07. The van der Waals surface area contributed by atoms with Crippen molar-refractivity contribution >= 4 is 15.7 Å². The van der Waals surface area contributed by atoms with Crippen molar-refractivity contribution < 1.29 is 8.42 Å². The molecule has 108 valence electrons. The van der Waals surface area contributed by atoms with Gasteiger partial charge in [-0.3, -0.25) is 0 Å². The van der Waals surface area contributed by atoms with Gasteiger partial charge >= 0.3 is 0 Å². The Morgan fingerprint density at radius 2 is 1.68 bits per heavy atom. The summed E-state index contributed by atoms with van der Waals surface area (Å²) in [6.45, 7) is 8.53. The summed E-state index contributed by atoms with van der Waals surface area (Å²) in [6.07, 6.45) is 0. The zero-order valence-corrected chi connectivity index (χ0v) is 13.0. The fraction of sp³-hybridized carbons (Fsp3) is 0.571. The van der Waals surface area contributed by atoms with Crippen LogP contribution in [0.15, 0.2) is 24.3 Å². The average molecular weight is 284 g/mol. The van der Waals surface area contributed by atoms with Crippen molar-refractivity contribution in [2.24, 2.45) is 5.41 Å². The third kappa shape index (κ3) is 5.20. The maximum absolute atomic E-state index is 12.3. The van der Waals surface area contributed by atoms with E-state index >= 15 is 0 Å². The van der Waals surface area contributed by atoms with Gasteiger partial charge in [0.05, 0.1) is 5.75 Å². The van der Waals surface area contributed by atoms with Crippen LogP contribution in [-0.2, 0) is 16.6 Å². The Balaban J connectivity index is 2.86. The first-order valence-electron chi connectivity index (χ1n) is 6.46. The lowest BCUT2D eigenvalue weighted by Crippen LogP contribution is -2.36. The molecule has 0 aliphatic rings. The lowest BCUT2D eigenvalue weighted by molar-refractivity contribution is 0.395. The molecule has 5 heteroatoms. The number of nitrogens with two attached hydrogens (primary N) is 1. The third-order valence-electron chi connectivity index (χ3n) is 2.70. The number of anilines is 1. The van der Waals surface area contributed by atoms with E-state index in [1.165, 1.54) is 4.31 Å². The van der Waals surface area contributed by atoms with Gasteiger partial charge in [0.15, 0.2) is 0 Å². The van der Waals surface area contributed by atoms with E-state index in [0.717, 1.165) is 5.56 Å². The fourth-order valence-electron chi connectivity index (χ4n) is 1.87. The highest BCUT2D eigenvalue weighted by Crippen LogP contribution is 2.20. The number of nitrogens with zero attached hydrogens (tertiary/aromatic N) is 1. The molecule has 4 nitrogen and oxygen atoms in total. The van der Waals surface area contributed by atoms with Crippen molar-refractivity contribution in [3.63, 3.8) is 0 Å². The zero-order chi connectivity index (χ0) is 14.7. The van der Waals surface area contributed by atoms with Crippen LogP contribution >= 0.6 is 0 Å². The van der Waals surface area contributed by atoms with E-state index in [1.807, 2.05) is 39.8 Å². The van der Waals surface area contributed by atoms with Gasteiger partial charge in [-0.05, 0) is 23.1 Å². The summed E-state index contributed by atoms with van der Waals surface area (Å²) in [5.41, 5.74) is 7.02. The molecule has 1 aromatic carbocycles. The highest BCUT2D eigenvalue weighted by atomic mass is 32.2. The van der Waals surface area contributed by atoms with Gasteiger partial charge in [-0.25, -0.2) is 8.42 Å². The van der Waals surface area contributed by atoms with Crippen molar-refractivity contribution in [1.29, 1.82) is 0 Å². The molecule has 0 saturated heterocycles. The molecule has 0 radical (unpaired) electrons. The average Bonchev–Trinajstić information content (AvgIpc) is 2.24. The largest absolute Gasteiger partial charge is 0.399 e. The van der Waals surface area contributed by atoms with Crippen LogP contribution in [0.3, 0.4) is 0 Å². The Morgan fingerprint density at radius 1 is 1.16 bits per heavy atom. The summed E-state index contributed by atoms with van der Waals surface area (Å²) >= 11 is 0. The van der Waals surface area contributed by atoms with E-state index in [4.69, 9.17) is 5.73 Å². The van der Waals surface area contributed by atoms with Gasteiger partial charge in [-0.15, -0.1) is 0 Å². The minimum atomic E-state index is -3.24. The van der Waals surface area contributed by atoms with E-state index in [1.54, 1.807) is 12.1 Å². The predicted molar refractivity (Wildman–Crippen MR) is 80.2 cm³/mol. The Labute approximate surface area is 116 Å². The number of rotatable bonds is 5. The summed E-state index contributed by atoms with van der Waals surface area (Å²) in [5, 5.41) is 0. The predicted octanol–water partition coefficient (Wildman–Crippen LogP) is 2.47. The number of nitrogen functional groups attached to an aromatic ring is 1. The van der Waals surface area contributed by atoms with Crippen LogP contribution < -0.4 is 5.73 Å². The van der Waals surface area contributed by atoms with Gasteiger partial charge in [0.2, 0.25) is 10.0 Å². The molecule has 0 fully saturated rings. The van der Waals surface area contributed by atoms with Crippen molar-refractivity contribution in [3.05, 3.63) is 29.8 Å². The van der Waals surface area contributed by atoms with Gasteiger partial charge in [0.25, 0.3) is 0 Å². The van der Waals surface area contributed by atoms with Crippen LogP contribution in [0.25, 0.3) is 0 Å². The number of hydrogen-bond acceptors (Lipinski definition) is 3. The SMILES string of the molecule is CCN(Cc1ccc(N)cc1)S(=O)(=O)CC(C)(C)C. The number of hydrogen-bond donors (Lipinski definition) is 1. The van der Waals surface area contributed by atoms with E-state index in [9.17, 15) is 8.42 Å². The number of benzene rings is 1. The van der Waals surface area contributed by atoms with Crippen LogP contribution in [0.1, 0.15) is 33.3 Å². The normalized spacial score (nSPS) is 12.9. The third-order valence-corrected chi connectivity index (χ3v) is 5.11. The molecule has 0 aliphatic carbocycles. The van der Waals surface area contributed by atoms with Crippen LogP contribution in [0.4, 0.5) is 5.69 Å². The summed E-state index contributed by atoms with van der Waals surface area (Å²) in [6, 6.07) is 7.31. The van der Waals surface area contributed by atoms with Crippen LogP contribution in [-0.4, -0.2) is 25.0 Å². The molecule has 0 atom stereocenters. The molecule has 0 amide bonds. The lowest BCUT2D eigenvalue weighted by Gasteiger charge is -2.25. The first-order chi connectivity index (χ1) is 8.64. The number of sulfonamides is 1. The molecular formula is C14H24N2O2S. The Hall–Kier alpha value is -1.07. The maximum atomic E-state index is 12.3. The molecule has 1 aromatic rings. The van der Waals surface area contributed by atoms with Crippen molar-refractivity contribution in [2.45, 2.75) is 34.2 Å². The Kier molecular flexibility index (Phi) is 4.98. The van der Waals surface area contributed by atoms with Gasteiger partial charge in [-0.1, -0.05) is 39.8 Å². The van der Waals surface area contributed by atoms with Crippen molar-refractivity contribution in [2.75, 3.05) is 18.0 Å². The molecule has 0 aliphatic heterocycles. The highest BCUT2D eigenvalue weighted by Gasteiger charge is 2.27. The minimum absolute atomic E-state index is 0.156. The van der Waals surface area contributed by atoms with Gasteiger partial charge in [0.1, 0.15) is 0 Å². The smallest absolute Gasteiger partial charge is 0.214 e. The van der Waals surface area contributed by atoms with E-state index < -0.39 is 10.0 Å². The van der Waals surface area contributed by atoms with Crippen molar-refractivity contribution in [3.8, 4) is 0 Å². The summed E-state index contributed by atoms with van der Waals surface area (Å²) in [7, 11) is -3.24. The fourth-order valence-corrected chi connectivity index (χ4v) is 3.89. The van der Waals surface area contributed by atoms with Crippen LogP contribution in [0.2, 0.25) is 0 Å². The minimum Gasteiger partial charge on any atom is -0.399 e. The van der Waals surface area contributed by atoms with Gasteiger partial charge in [-0.2, -0.15) is 4.31 Å². The molecular weight excluding hydrogens is 260 g/mol. The first kappa shape index (κ1) is 16.0. The molecule has 2 N–H and O–H groups in total. The summed E-state index contributed by atoms with van der Waals surface area (Å²) in [5.74, 6) is 0.156. The lowest BCUT2D eigenvalue weighted by atomic mass is 10.0. The Bertz CT molecular complexity index is 501. The van der Waals surface area contributed by atoms with Gasteiger partial charge < -0.3 is 5.73 Å². The van der Waals surface area contributed by atoms with E-state index in [0.29, 0.717) is 18.8 Å².